The van der Waals surface area contributed by atoms with Crippen LogP contribution in [0.2, 0.25) is 0 Å². The fourth-order valence-corrected chi connectivity index (χ4v) is 3.34. The minimum atomic E-state index is 0. The number of benzene rings is 1. The molecule has 0 aromatic heterocycles. The lowest BCUT2D eigenvalue weighted by atomic mass is 9.92. The lowest BCUT2D eigenvalue weighted by Gasteiger charge is -2.38. The van der Waals surface area contributed by atoms with E-state index >= 15 is 0 Å². The maximum atomic E-state index is 12.5. The van der Waals surface area contributed by atoms with E-state index in [0.717, 1.165) is 36.1 Å². The highest BCUT2D eigenvalue weighted by Crippen LogP contribution is 2.23. The summed E-state index contributed by atoms with van der Waals surface area (Å²) in [5.74, 6) is 0.726. The summed E-state index contributed by atoms with van der Waals surface area (Å²) in [7, 11) is 0. The molecule has 5 heteroatoms. The maximum absolute atomic E-state index is 12.5. The van der Waals surface area contributed by atoms with Crippen LogP contribution in [-0.4, -0.2) is 35.7 Å². The topological polar surface area (TPSA) is 63.4 Å². The lowest BCUT2D eigenvalue weighted by molar-refractivity contribution is -0.135. The Bertz CT molecular complexity index is 589. The van der Waals surface area contributed by atoms with Gasteiger partial charge in [-0.15, -0.1) is 12.4 Å². The van der Waals surface area contributed by atoms with Crippen LogP contribution >= 0.6 is 12.4 Å². The van der Waals surface area contributed by atoms with Crippen molar-refractivity contribution in [1.29, 1.82) is 0 Å². The van der Waals surface area contributed by atoms with Gasteiger partial charge in [0, 0.05) is 37.5 Å². The van der Waals surface area contributed by atoms with Crippen LogP contribution in [0.4, 0.5) is 0 Å². The Morgan fingerprint density at radius 2 is 1.96 bits per heavy atom. The maximum Gasteiger partial charge on any atom is 0.223 e. The van der Waals surface area contributed by atoms with Crippen LogP contribution in [0, 0.1) is 19.8 Å². The number of carbonyl (C=O) groups excluding carboxylic acids is 2. The second-order valence-corrected chi connectivity index (χ2v) is 6.85. The zero-order valence-electron chi connectivity index (χ0n) is 14.9. The highest BCUT2D eigenvalue weighted by atomic mass is 35.5. The molecule has 134 valence electrons. The molecule has 24 heavy (non-hydrogen) atoms. The molecule has 2 N–H and O–H groups in total. The van der Waals surface area contributed by atoms with Crippen molar-refractivity contribution < 1.29 is 9.59 Å². The molecule has 1 aromatic rings. The molecule has 2 unspecified atom stereocenters. The average Bonchev–Trinajstić information content (AvgIpc) is 2.54. The Morgan fingerprint density at radius 3 is 2.62 bits per heavy atom. The average molecular weight is 353 g/mol. The predicted octanol–water partition coefficient (Wildman–Crippen LogP) is 3.27. The third kappa shape index (κ3) is 5.05. The van der Waals surface area contributed by atoms with Crippen molar-refractivity contribution in [3.05, 3.63) is 34.9 Å². The number of aryl methyl sites for hydroxylation is 2. The van der Waals surface area contributed by atoms with Crippen LogP contribution in [0.5, 0.6) is 0 Å². The van der Waals surface area contributed by atoms with Crippen LogP contribution in [0.15, 0.2) is 18.2 Å². The van der Waals surface area contributed by atoms with Crippen molar-refractivity contribution in [2.24, 2.45) is 11.7 Å². The largest absolute Gasteiger partial charge is 0.338 e. The quantitative estimate of drug-likeness (QED) is 0.827. The molecule has 2 atom stereocenters. The first kappa shape index (κ1) is 20.7. The van der Waals surface area contributed by atoms with E-state index in [4.69, 9.17) is 5.73 Å². The number of hydrogen-bond acceptors (Lipinski definition) is 3. The van der Waals surface area contributed by atoms with Crippen molar-refractivity contribution in [2.45, 2.75) is 52.5 Å². The van der Waals surface area contributed by atoms with Gasteiger partial charge in [-0.25, -0.2) is 0 Å². The molecule has 0 spiro atoms. The number of halogens is 1. The van der Waals surface area contributed by atoms with Crippen molar-refractivity contribution in [1.82, 2.24) is 4.90 Å². The van der Waals surface area contributed by atoms with E-state index in [1.807, 2.05) is 36.9 Å². The van der Waals surface area contributed by atoms with Gasteiger partial charge in [0.2, 0.25) is 5.91 Å². The van der Waals surface area contributed by atoms with E-state index in [1.54, 1.807) is 0 Å². The zero-order chi connectivity index (χ0) is 17.0. The smallest absolute Gasteiger partial charge is 0.223 e. The van der Waals surface area contributed by atoms with Gasteiger partial charge in [0.1, 0.15) is 0 Å². The SMILES string of the molecule is Cc1ccc(C)c(C(=O)CCC(=O)N2CCC(C)CC2CN)c1.Cl. The van der Waals surface area contributed by atoms with Crippen LogP contribution in [0.3, 0.4) is 0 Å². The van der Waals surface area contributed by atoms with Crippen molar-refractivity contribution in [3.63, 3.8) is 0 Å². The van der Waals surface area contributed by atoms with Gasteiger partial charge in [0.15, 0.2) is 5.78 Å². The van der Waals surface area contributed by atoms with Gasteiger partial charge in [0.05, 0.1) is 0 Å². The van der Waals surface area contributed by atoms with Gasteiger partial charge in [-0.1, -0.05) is 24.6 Å². The van der Waals surface area contributed by atoms with Crippen LogP contribution in [0.25, 0.3) is 0 Å². The minimum absolute atomic E-state index is 0. The number of nitrogens with zero attached hydrogens (tertiary/aromatic N) is 1. The monoisotopic (exact) mass is 352 g/mol. The van der Waals surface area contributed by atoms with E-state index in [9.17, 15) is 9.59 Å². The number of nitrogens with two attached hydrogens (primary N) is 1. The molecule has 2 rings (SSSR count). The second kappa shape index (κ2) is 9.19. The number of piperidine rings is 1. The Kier molecular flexibility index (Phi) is 7.91. The van der Waals surface area contributed by atoms with E-state index in [-0.39, 0.29) is 43.0 Å². The van der Waals surface area contributed by atoms with Gasteiger partial charge in [0.25, 0.3) is 0 Å². The van der Waals surface area contributed by atoms with Crippen LogP contribution in [0.1, 0.15) is 54.1 Å². The molecule has 1 aromatic carbocycles. The standard InChI is InChI=1S/C19H28N2O2.ClH/c1-13-4-5-15(3)17(11-13)18(22)6-7-19(23)21-9-8-14(2)10-16(21)12-20;/h4-5,11,14,16H,6-10,12,20H2,1-3H3;1H. The Morgan fingerprint density at radius 1 is 1.25 bits per heavy atom. The summed E-state index contributed by atoms with van der Waals surface area (Å²) < 4.78 is 0. The number of amides is 1. The number of hydrogen-bond donors (Lipinski definition) is 1. The van der Waals surface area contributed by atoms with Gasteiger partial charge >= 0.3 is 0 Å². The van der Waals surface area contributed by atoms with E-state index in [1.165, 1.54) is 0 Å². The fourth-order valence-electron chi connectivity index (χ4n) is 3.34. The molecule has 0 aliphatic carbocycles. The molecule has 4 nitrogen and oxygen atoms in total. The molecule has 0 saturated carbocycles. The highest BCUT2D eigenvalue weighted by molar-refractivity contribution is 5.99. The third-order valence-electron chi connectivity index (χ3n) is 4.83. The highest BCUT2D eigenvalue weighted by Gasteiger charge is 2.28. The molecular formula is C19H29ClN2O2. The van der Waals surface area contributed by atoms with Gasteiger partial charge in [-0.3, -0.25) is 9.59 Å². The van der Waals surface area contributed by atoms with E-state index in [2.05, 4.69) is 6.92 Å². The van der Waals surface area contributed by atoms with E-state index in [0.29, 0.717) is 12.5 Å². The first-order chi connectivity index (χ1) is 10.9. The van der Waals surface area contributed by atoms with Gasteiger partial charge in [-0.05, 0) is 44.2 Å². The summed E-state index contributed by atoms with van der Waals surface area (Å²) in [6, 6.07) is 5.99. The summed E-state index contributed by atoms with van der Waals surface area (Å²) in [5.41, 5.74) is 8.59. The molecule has 1 aliphatic heterocycles. The van der Waals surface area contributed by atoms with E-state index < -0.39 is 0 Å². The molecule has 1 fully saturated rings. The Balaban J connectivity index is 0.00000288. The van der Waals surface area contributed by atoms with Crippen molar-refractivity contribution >= 4 is 24.1 Å². The van der Waals surface area contributed by atoms with Gasteiger partial charge < -0.3 is 10.6 Å². The van der Waals surface area contributed by atoms with Crippen LogP contribution < -0.4 is 5.73 Å². The number of Topliss-reactive ketones (excluding diaryl/α,β-unsaturated/α-hetero) is 1. The number of ketones is 1. The van der Waals surface area contributed by atoms with Crippen LogP contribution in [-0.2, 0) is 4.79 Å². The molecule has 1 amide bonds. The minimum Gasteiger partial charge on any atom is -0.338 e. The summed E-state index contributed by atoms with van der Waals surface area (Å²) in [6.07, 6.45) is 2.53. The fraction of sp³-hybridized carbons (Fsp3) is 0.579. The molecule has 0 radical (unpaired) electrons. The molecular weight excluding hydrogens is 324 g/mol. The number of rotatable bonds is 5. The molecule has 1 saturated heterocycles. The second-order valence-electron chi connectivity index (χ2n) is 6.85. The van der Waals surface area contributed by atoms with Crippen molar-refractivity contribution in [2.75, 3.05) is 13.1 Å². The first-order valence-corrected chi connectivity index (χ1v) is 8.52. The first-order valence-electron chi connectivity index (χ1n) is 8.52. The summed E-state index contributed by atoms with van der Waals surface area (Å²) in [4.78, 5) is 26.8. The molecule has 1 heterocycles. The van der Waals surface area contributed by atoms with Crippen molar-refractivity contribution in [3.8, 4) is 0 Å². The molecule has 0 bridgehead atoms. The summed E-state index contributed by atoms with van der Waals surface area (Å²) in [6.45, 7) is 7.38. The zero-order valence-corrected chi connectivity index (χ0v) is 15.7. The normalized spacial score (nSPS) is 20.4. The summed E-state index contributed by atoms with van der Waals surface area (Å²) >= 11 is 0. The Hall–Kier alpha value is -1.39. The third-order valence-corrected chi connectivity index (χ3v) is 4.83. The predicted molar refractivity (Wildman–Crippen MR) is 99.7 cm³/mol. The number of carbonyl (C=O) groups is 2. The van der Waals surface area contributed by atoms with Gasteiger partial charge in [-0.2, -0.15) is 0 Å². The number of likely N-dealkylation sites (tertiary alicyclic amines) is 1. The lowest BCUT2D eigenvalue weighted by Crippen LogP contribution is -2.49. The molecule has 1 aliphatic rings. The Labute approximate surface area is 151 Å². The summed E-state index contributed by atoms with van der Waals surface area (Å²) in [5, 5.41) is 0.